The SMILES string of the molecule is CC#CCOc1cc([C@@H](C)NC(=O)[C@H](O)[C@@H](O)C(=O)N2CCC[C@@H]2c2cccc(Cl)c2)ccc1-n1cccn1. The number of amides is 2. The van der Waals surface area contributed by atoms with E-state index >= 15 is 0 Å². The molecule has 2 aromatic carbocycles. The first-order valence-electron chi connectivity index (χ1n) is 12.7. The third-order valence-corrected chi connectivity index (χ3v) is 6.90. The van der Waals surface area contributed by atoms with Crippen LogP contribution in [0.15, 0.2) is 60.9 Å². The molecule has 1 fully saturated rings. The zero-order valence-corrected chi connectivity index (χ0v) is 22.5. The Kier molecular flexibility index (Phi) is 9.25. The van der Waals surface area contributed by atoms with E-state index in [9.17, 15) is 19.8 Å². The lowest BCUT2D eigenvalue weighted by Crippen LogP contribution is -2.50. The molecule has 9 nitrogen and oxygen atoms in total. The van der Waals surface area contributed by atoms with Crippen molar-refractivity contribution in [3.8, 4) is 23.3 Å². The van der Waals surface area contributed by atoms with Gasteiger partial charge in [0.25, 0.3) is 11.8 Å². The van der Waals surface area contributed by atoms with Crippen LogP contribution in [-0.2, 0) is 9.59 Å². The maximum absolute atomic E-state index is 13.1. The summed E-state index contributed by atoms with van der Waals surface area (Å²) in [5, 5.41) is 28.7. The first-order valence-corrected chi connectivity index (χ1v) is 13.1. The highest BCUT2D eigenvalue weighted by molar-refractivity contribution is 6.30. The summed E-state index contributed by atoms with van der Waals surface area (Å²) in [5.41, 5.74) is 2.23. The highest BCUT2D eigenvalue weighted by Gasteiger charge is 2.38. The number of nitrogens with one attached hydrogen (secondary N) is 1. The Balaban J connectivity index is 1.44. The lowest BCUT2D eigenvalue weighted by atomic mass is 10.0. The molecule has 1 aromatic heterocycles. The fourth-order valence-corrected chi connectivity index (χ4v) is 4.82. The zero-order chi connectivity index (χ0) is 27.9. The Labute approximate surface area is 232 Å². The van der Waals surface area contributed by atoms with E-state index in [1.165, 1.54) is 4.90 Å². The van der Waals surface area contributed by atoms with Crippen LogP contribution in [0, 0.1) is 11.8 Å². The van der Waals surface area contributed by atoms with Gasteiger partial charge < -0.3 is 25.2 Å². The lowest BCUT2D eigenvalue weighted by Gasteiger charge is -2.29. The predicted molar refractivity (Wildman–Crippen MR) is 146 cm³/mol. The Bertz CT molecular complexity index is 1370. The van der Waals surface area contributed by atoms with Crippen molar-refractivity contribution < 1.29 is 24.5 Å². The average Bonchev–Trinajstić information content (AvgIpc) is 3.65. The summed E-state index contributed by atoms with van der Waals surface area (Å²) in [6, 6.07) is 13.5. The van der Waals surface area contributed by atoms with Gasteiger partial charge in [-0.25, -0.2) is 4.68 Å². The molecule has 2 amide bonds. The van der Waals surface area contributed by atoms with Gasteiger partial charge in [0.15, 0.2) is 12.2 Å². The van der Waals surface area contributed by atoms with Crippen LogP contribution in [0.4, 0.5) is 0 Å². The second-order valence-electron chi connectivity index (χ2n) is 9.26. The summed E-state index contributed by atoms with van der Waals surface area (Å²) in [7, 11) is 0. The van der Waals surface area contributed by atoms with E-state index < -0.39 is 30.1 Å². The van der Waals surface area contributed by atoms with Crippen molar-refractivity contribution in [1.82, 2.24) is 20.0 Å². The van der Waals surface area contributed by atoms with Crippen LogP contribution in [0.25, 0.3) is 5.69 Å². The lowest BCUT2D eigenvalue weighted by molar-refractivity contribution is -0.154. The maximum atomic E-state index is 13.1. The number of aliphatic hydroxyl groups excluding tert-OH is 2. The largest absolute Gasteiger partial charge is 0.479 e. The number of hydrogen-bond donors (Lipinski definition) is 3. The molecule has 1 saturated heterocycles. The quantitative estimate of drug-likeness (QED) is 0.352. The molecule has 2 heterocycles. The Hall–Kier alpha value is -3.84. The minimum absolute atomic E-state index is 0.175. The molecule has 0 unspecified atom stereocenters. The molecule has 0 bridgehead atoms. The fraction of sp³-hybridized carbons (Fsp3) is 0.345. The number of carbonyl (C=O) groups is 2. The van der Waals surface area contributed by atoms with Crippen LogP contribution >= 0.6 is 11.6 Å². The zero-order valence-electron chi connectivity index (χ0n) is 21.8. The molecule has 4 atom stereocenters. The number of nitrogens with zero attached hydrogens (tertiary/aromatic N) is 3. The summed E-state index contributed by atoms with van der Waals surface area (Å²) in [6.07, 6.45) is 1.01. The van der Waals surface area contributed by atoms with Gasteiger partial charge in [-0.2, -0.15) is 5.10 Å². The van der Waals surface area contributed by atoms with Crippen molar-refractivity contribution in [3.05, 3.63) is 77.1 Å². The highest BCUT2D eigenvalue weighted by atomic mass is 35.5. The van der Waals surface area contributed by atoms with Crippen molar-refractivity contribution in [2.45, 2.75) is 51.0 Å². The van der Waals surface area contributed by atoms with Gasteiger partial charge in [0.05, 0.1) is 12.1 Å². The van der Waals surface area contributed by atoms with Crippen molar-refractivity contribution in [2.24, 2.45) is 0 Å². The standard InChI is InChI=1S/C29H31ClN4O5/c1-3-4-16-39-25-18-20(11-12-24(25)34-15-7-13-31-34)19(2)32-28(37)26(35)27(36)29(38)33-14-6-10-23(33)21-8-5-9-22(30)17-21/h5,7-9,11-13,15,17-19,23,26-27,35-36H,6,10,14,16H2,1-2H3,(H,32,37)/t19-,23-,26-,27-/m1/s1. The number of likely N-dealkylation sites (tertiary alicyclic amines) is 1. The molecular formula is C29H31ClN4O5. The molecule has 3 aromatic rings. The molecular weight excluding hydrogens is 520 g/mol. The second-order valence-corrected chi connectivity index (χ2v) is 9.69. The number of rotatable bonds is 9. The minimum atomic E-state index is -1.94. The molecule has 3 N–H and O–H groups in total. The monoisotopic (exact) mass is 550 g/mol. The number of aliphatic hydroxyl groups is 2. The third kappa shape index (κ3) is 6.60. The van der Waals surface area contributed by atoms with Crippen LogP contribution in [0.5, 0.6) is 5.75 Å². The van der Waals surface area contributed by atoms with E-state index in [0.717, 1.165) is 12.0 Å². The molecule has 1 aliphatic rings. The highest BCUT2D eigenvalue weighted by Crippen LogP contribution is 2.34. The number of benzene rings is 2. The van der Waals surface area contributed by atoms with Crippen LogP contribution in [0.2, 0.25) is 5.02 Å². The molecule has 0 radical (unpaired) electrons. The summed E-state index contributed by atoms with van der Waals surface area (Å²) in [4.78, 5) is 27.5. The number of ether oxygens (including phenoxy) is 1. The van der Waals surface area contributed by atoms with Crippen molar-refractivity contribution in [1.29, 1.82) is 0 Å². The van der Waals surface area contributed by atoms with Gasteiger partial charge >= 0.3 is 0 Å². The van der Waals surface area contributed by atoms with E-state index in [1.54, 1.807) is 73.4 Å². The van der Waals surface area contributed by atoms with Crippen molar-refractivity contribution >= 4 is 23.4 Å². The maximum Gasteiger partial charge on any atom is 0.255 e. The van der Waals surface area contributed by atoms with Crippen LogP contribution in [0.3, 0.4) is 0 Å². The molecule has 0 spiro atoms. The van der Waals surface area contributed by atoms with Gasteiger partial charge in [0, 0.05) is 24.0 Å². The molecule has 204 valence electrons. The summed E-state index contributed by atoms with van der Waals surface area (Å²) in [5.74, 6) is 4.57. The normalized spacial score (nSPS) is 17.1. The van der Waals surface area contributed by atoms with Gasteiger partial charge in [0.1, 0.15) is 18.0 Å². The Morgan fingerprint density at radius 1 is 1.21 bits per heavy atom. The minimum Gasteiger partial charge on any atom is -0.479 e. The van der Waals surface area contributed by atoms with E-state index in [0.29, 0.717) is 35.0 Å². The number of aromatic nitrogens is 2. The van der Waals surface area contributed by atoms with Gasteiger partial charge in [-0.15, -0.1) is 5.92 Å². The summed E-state index contributed by atoms with van der Waals surface area (Å²) < 4.78 is 7.49. The summed E-state index contributed by atoms with van der Waals surface area (Å²) in [6.45, 7) is 4.03. The number of carbonyl (C=O) groups excluding carboxylic acids is 2. The Morgan fingerprint density at radius 2 is 2.03 bits per heavy atom. The first-order chi connectivity index (χ1) is 18.8. The van der Waals surface area contributed by atoms with Crippen LogP contribution in [0.1, 0.15) is 49.9 Å². The predicted octanol–water partition coefficient (Wildman–Crippen LogP) is 3.19. The van der Waals surface area contributed by atoms with Gasteiger partial charge in [0.2, 0.25) is 0 Å². The third-order valence-electron chi connectivity index (χ3n) is 6.66. The number of halogens is 1. The molecule has 1 aliphatic heterocycles. The van der Waals surface area contributed by atoms with Gasteiger partial charge in [-0.3, -0.25) is 9.59 Å². The second kappa shape index (κ2) is 12.8. The van der Waals surface area contributed by atoms with Crippen molar-refractivity contribution in [2.75, 3.05) is 13.2 Å². The molecule has 4 rings (SSSR count). The van der Waals surface area contributed by atoms with E-state index in [1.807, 2.05) is 6.07 Å². The average molecular weight is 551 g/mol. The molecule has 10 heteroatoms. The van der Waals surface area contributed by atoms with E-state index in [4.69, 9.17) is 16.3 Å². The number of hydrogen-bond acceptors (Lipinski definition) is 6. The fourth-order valence-electron chi connectivity index (χ4n) is 4.62. The molecule has 39 heavy (non-hydrogen) atoms. The van der Waals surface area contributed by atoms with Crippen LogP contribution < -0.4 is 10.1 Å². The topological polar surface area (TPSA) is 117 Å². The summed E-state index contributed by atoms with van der Waals surface area (Å²) >= 11 is 6.12. The van der Waals surface area contributed by atoms with Gasteiger partial charge in [-0.05, 0) is 68.1 Å². The van der Waals surface area contributed by atoms with Crippen LogP contribution in [-0.4, -0.2) is 62.1 Å². The smallest absolute Gasteiger partial charge is 0.255 e. The van der Waals surface area contributed by atoms with Crippen molar-refractivity contribution in [3.63, 3.8) is 0 Å². The van der Waals surface area contributed by atoms with E-state index in [2.05, 4.69) is 22.3 Å². The molecule has 0 aliphatic carbocycles. The van der Waals surface area contributed by atoms with Gasteiger partial charge in [-0.1, -0.05) is 35.7 Å². The first kappa shape index (κ1) is 28.2. The Morgan fingerprint density at radius 3 is 2.74 bits per heavy atom. The molecule has 0 saturated carbocycles. The van der Waals surface area contributed by atoms with E-state index in [-0.39, 0.29) is 12.6 Å².